The Bertz CT molecular complexity index is 258. The Hall–Kier alpha value is -0.0400. The average Bonchev–Trinajstić information content (AvgIpc) is 2.70. The van der Waals surface area contributed by atoms with Crippen molar-refractivity contribution >= 4 is 0 Å². The first kappa shape index (κ1) is 6.42. The van der Waals surface area contributed by atoms with Crippen LogP contribution < -0.4 is 5.73 Å². The van der Waals surface area contributed by atoms with Gasteiger partial charge in [-0.05, 0) is 67.2 Å². The molecule has 5 atom stereocenters. The Morgan fingerprint density at radius 3 is 2.83 bits per heavy atom. The Morgan fingerprint density at radius 1 is 1.08 bits per heavy atom. The van der Waals surface area contributed by atoms with E-state index in [1.54, 1.807) is 12.8 Å². The predicted molar refractivity (Wildman–Crippen MR) is 47.5 cm³/mol. The summed E-state index contributed by atoms with van der Waals surface area (Å²) in [7, 11) is 0. The van der Waals surface area contributed by atoms with Crippen molar-refractivity contribution in [2.24, 2.45) is 34.3 Å². The largest absolute Gasteiger partial charge is 0.330 e. The summed E-state index contributed by atoms with van der Waals surface area (Å²) in [6.45, 7) is 0.979. The molecule has 0 aromatic rings. The number of nitrogens with two attached hydrogens (primary N) is 1. The molecule has 0 saturated heterocycles. The molecule has 0 radical (unpaired) electrons. The molecule has 1 nitrogen and oxygen atoms in total. The minimum Gasteiger partial charge on any atom is -0.330 e. The van der Waals surface area contributed by atoms with E-state index in [1.807, 2.05) is 0 Å². The van der Waals surface area contributed by atoms with E-state index in [0.717, 1.165) is 29.7 Å². The summed E-state index contributed by atoms with van der Waals surface area (Å²) in [6.07, 6.45) is 7.66. The molecule has 5 unspecified atom stereocenters. The van der Waals surface area contributed by atoms with Gasteiger partial charge < -0.3 is 5.73 Å². The van der Waals surface area contributed by atoms with Crippen LogP contribution in [-0.2, 0) is 0 Å². The van der Waals surface area contributed by atoms with Crippen molar-refractivity contribution in [2.45, 2.75) is 32.1 Å². The lowest BCUT2D eigenvalue weighted by Gasteiger charge is -2.44. The van der Waals surface area contributed by atoms with Crippen LogP contribution in [0.3, 0.4) is 0 Å². The first-order valence-corrected chi connectivity index (χ1v) is 5.48. The molecule has 1 heteroatoms. The minimum atomic E-state index is 0.635. The van der Waals surface area contributed by atoms with E-state index in [4.69, 9.17) is 5.73 Å². The fraction of sp³-hybridized carbons (Fsp3) is 1.00. The van der Waals surface area contributed by atoms with Gasteiger partial charge in [-0.25, -0.2) is 0 Å². The van der Waals surface area contributed by atoms with Gasteiger partial charge in [-0.1, -0.05) is 0 Å². The van der Waals surface area contributed by atoms with Gasteiger partial charge in [-0.3, -0.25) is 0 Å². The van der Waals surface area contributed by atoms with Crippen LogP contribution in [0, 0.1) is 28.6 Å². The lowest BCUT2D eigenvalue weighted by molar-refractivity contribution is 0.0462. The minimum absolute atomic E-state index is 0.635. The first-order valence-electron chi connectivity index (χ1n) is 5.48. The molecular formula is C11H17N. The lowest BCUT2D eigenvalue weighted by Crippen LogP contribution is -2.38. The highest BCUT2D eigenvalue weighted by atomic mass is 14.8. The first-order chi connectivity index (χ1) is 5.78. The standard InChI is InChI=1S/C11H17N/c12-6-10-1-7-2-11(9(7)5-10)4-8(11)3-10/h7-9H,1-6,12H2. The molecule has 4 aliphatic carbocycles. The highest BCUT2D eigenvalue weighted by Crippen LogP contribution is 2.83. The second-order valence-electron chi connectivity index (χ2n) is 6.02. The summed E-state index contributed by atoms with van der Waals surface area (Å²) in [4.78, 5) is 0. The monoisotopic (exact) mass is 163 g/mol. The molecule has 4 aliphatic rings. The van der Waals surface area contributed by atoms with Crippen molar-refractivity contribution < 1.29 is 0 Å². The van der Waals surface area contributed by atoms with Gasteiger partial charge in [0.15, 0.2) is 0 Å². The van der Waals surface area contributed by atoms with Gasteiger partial charge in [0.25, 0.3) is 0 Å². The SMILES string of the molecule is NCC12CC3CC4(CC4C1)C3C2. The van der Waals surface area contributed by atoms with Crippen LogP contribution in [0.2, 0.25) is 0 Å². The average molecular weight is 163 g/mol. The van der Waals surface area contributed by atoms with E-state index in [2.05, 4.69) is 0 Å². The zero-order chi connectivity index (χ0) is 7.97. The number of hydrogen-bond acceptors (Lipinski definition) is 1. The Balaban J connectivity index is 1.80. The molecule has 0 heterocycles. The quantitative estimate of drug-likeness (QED) is 0.626. The highest BCUT2D eigenvalue weighted by molar-refractivity contribution is 5.25. The third-order valence-corrected chi connectivity index (χ3v) is 5.69. The highest BCUT2D eigenvalue weighted by Gasteiger charge is 2.75. The van der Waals surface area contributed by atoms with Crippen molar-refractivity contribution in [2.75, 3.05) is 6.54 Å². The van der Waals surface area contributed by atoms with Gasteiger partial charge in [0.05, 0.1) is 0 Å². The maximum absolute atomic E-state index is 5.93. The van der Waals surface area contributed by atoms with Crippen LogP contribution >= 0.6 is 0 Å². The van der Waals surface area contributed by atoms with Crippen LogP contribution in [0.5, 0.6) is 0 Å². The van der Waals surface area contributed by atoms with Crippen LogP contribution in [0.15, 0.2) is 0 Å². The smallest absolute Gasteiger partial charge is 0.00202 e. The van der Waals surface area contributed by atoms with E-state index in [0.29, 0.717) is 5.41 Å². The Labute approximate surface area is 73.7 Å². The van der Waals surface area contributed by atoms with Crippen molar-refractivity contribution in [1.29, 1.82) is 0 Å². The van der Waals surface area contributed by atoms with E-state index >= 15 is 0 Å². The Morgan fingerprint density at radius 2 is 2.00 bits per heavy atom. The molecule has 0 amide bonds. The van der Waals surface area contributed by atoms with Crippen molar-refractivity contribution in [3.8, 4) is 0 Å². The maximum atomic E-state index is 5.93. The fourth-order valence-electron chi connectivity index (χ4n) is 5.10. The summed E-state index contributed by atoms with van der Waals surface area (Å²) >= 11 is 0. The van der Waals surface area contributed by atoms with Crippen LogP contribution in [0.1, 0.15) is 32.1 Å². The fourth-order valence-corrected chi connectivity index (χ4v) is 5.10. The summed E-state index contributed by atoms with van der Waals surface area (Å²) in [5.41, 5.74) is 7.49. The summed E-state index contributed by atoms with van der Waals surface area (Å²) in [6, 6.07) is 0. The zero-order valence-electron chi connectivity index (χ0n) is 7.55. The van der Waals surface area contributed by atoms with Gasteiger partial charge >= 0.3 is 0 Å². The molecule has 12 heavy (non-hydrogen) atoms. The van der Waals surface area contributed by atoms with E-state index in [-0.39, 0.29) is 0 Å². The normalized spacial score (nSPS) is 70.2. The zero-order valence-corrected chi connectivity index (χ0v) is 7.55. The lowest BCUT2D eigenvalue weighted by atomic mass is 9.61. The maximum Gasteiger partial charge on any atom is -0.00202 e. The van der Waals surface area contributed by atoms with Crippen molar-refractivity contribution in [1.82, 2.24) is 0 Å². The molecule has 2 N–H and O–H groups in total. The molecule has 0 aromatic heterocycles. The van der Waals surface area contributed by atoms with Gasteiger partial charge in [0.2, 0.25) is 0 Å². The van der Waals surface area contributed by atoms with Crippen molar-refractivity contribution in [3.63, 3.8) is 0 Å². The molecule has 1 spiro atoms. The summed E-state index contributed by atoms with van der Waals surface area (Å²) < 4.78 is 0. The second-order valence-corrected chi connectivity index (χ2v) is 6.02. The second kappa shape index (κ2) is 1.50. The van der Waals surface area contributed by atoms with Gasteiger partial charge in [-0.15, -0.1) is 0 Å². The number of fused-ring (bicyclic) bond motifs is 1. The van der Waals surface area contributed by atoms with Gasteiger partial charge in [-0.2, -0.15) is 0 Å². The van der Waals surface area contributed by atoms with E-state index < -0.39 is 0 Å². The number of rotatable bonds is 1. The van der Waals surface area contributed by atoms with Crippen LogP contribution in [0.25, 0.3) is 0 Å². The molecule has 4 rings (SSSR count). The van der Waals surface area contributed by atoms with Gasteiger partial charge in [0.1, 0.15) is 0 Å². The molecule has 0 aliphatic heterocycles. The topological polar surface area (TPSA) is 26.0 Å². The van der Waals surface area contributed by atoms with E-state index in [1.165, 1.54) is 19.3 Å². The molecule has 66 valence electrons. The third-order valence-electron chi connectivity index (χ3n) is 5.69. The third kappa shape index (κ3) is 0.454. The summed E-state index contributed by atoms with van der Waals surface area (Å²) in [5.74, 6) is 3.37. The predicted octanol–water partition coefficient (Wildman–Crippen LogP) is 1.77. The molecule has 2 bridgehead atoms. The molecular weight excluding hydrogens is 146 g/mol. The van der Waals surface area contributed by atoms with Gasteiger partial charge in [0, 0.05) is 0 Å². The molecule has 0 aromatic carbocycles. The molecule has 4 fully saturated rings. The van der Waals surface area contributed by atoms with E-state index in [9.17, 15) is 0 Å². The Kier molecular flexibility index (Phi) is 0.800. The van der Waals surface area contributed by atoms with Crippen molar-refractivity contribution in [3.05, 3.63) is 0 Å². The number of hydrogen-bond donors (Lipinski definition) is 1. The molecule has 4 saturated carbocycles. The van der Waals surface area contributed by atoms with Crippen LogP contribution in [0.4, 0.5) is 0 Å². The van der Waals surface area contributed by atoms with Crippen LogP contribution in [-0.4, -0.2) is 6.54 Å². The summed E-state index contributed by atoms with van der Waals surface area (Å²) in [5, 5.41) is 0.